The van der Waals surface area contributed by atoms with Crippen molar-refractivity contribution in [1.29, 1.82) is 0 Å². The van der Waals surface area contributed by atoms with Crippen LogP contribution in [-0.2, 0) is 0 Å². The topological polar surface area (TPSA) is 12.0 Å². The van der Waals surface area contributed by atoms with Gasteiger partial charge in [0.05, 0.1) is 0 Å². The zero-order valence-electron chi connectivity index (χ0n) is 7.90. The first-order chi connectivity index (χ1) is 5.33. The average molecular weight is 155 g/mol. The van der Waals surface area contributed by atoms with Gasteiger partial charge in [-0.3, -0.25) is 0 Å². The van der Waals surface area contributed by atoms with Crippen LogP contribution in [0, 0.1) is 11.8 Å². The number of rotatable bonds is 2. The Morgan fingerprint density at radius 3 is 2.73 bits per heavy atom. The Balaban J connectivity index is 2.22. The van der Waals surface area contributed by atoms with Crippen LogP contribution in [0.25, 0.3) is 0 Å². The summed E-state index contributed by atoms with van der Waals surface area (Å²) in [5.41, 5.74) is 0. The third-order valence-electron chi connectivity index (χ3n) is 2.87. The molecule has 1 aliphatic rings. The van der Waals surface area contributed by atoms with E-state index in [4.69, 9.17) is 0 Å². The Labute approximate surface area is 70.6 Å². The van der Waals surface area contributed by atoms with Gasteiger partial charge in [0, 0.05) is 0 Å². The van der Waals surface area contributed by atoms with Crippen LogP contribution in [0.2, 0.25) is 0 Å². The molecule has 0 aromatic heterocycles. The van der Waals surface area contributed by atoms with E-state index in [-0.39, 0.29) is 0 Å². The Morgan fingerprint density at radius 2 is 2.00 bits per heavy atom. The van der Waals surface area contributed by atoms with Crippen molar-refractivity contribution < 1.29 is 0 Å². The molecule has 0 amide bonds. The second-order valence-corrected chi connectivity index (χ2v) is 4.04. The highest BCUT2D eigenvalue weighted by atomic mass is 14.8. The summed E-state index contributed by atoms with van der Waals surface area (Å²) < 4.78 is 0. The summed E-state index contributed by atoms with van der Waals surface area (Å²) in [7, 11) is 2.06. The van der Waals surface area contributed by atoms with Gasteiger partial charge in [0.1, 0.15) is 0 Å². The molecule has 0 spiro atoms. The fraction of sp³-hybridized carbons (Fsp3) is 1.00. The van der Waals surface area contributed by atoms with Gasteiger partial charge in [-0.25, -0.2) is 0 Å². The lowest BCUT2D eigenvalue weighted by atomic mass is 9.99. The fourth-order valence-electron chi connectivity index (χ4n) is 2.06. The summed E-state index contributed by atoms with van der Waals surface area (Å²) in [6.45, 7) is 3.62. The third kappa shape index (κ3) is 3.24. The first kappa shape index (κ1) is 9.05. The van der Waals surface area contributed by atoms with Crippen LogP contribution >= 0.6 is 0 Å². The van der Waals surface area contributed by atoms with E-state index in [9.17, 15) is 0 Å². The molecule has 66 valence electrons. The van der Waals surface area contributed by atoms with E-state index in [1.165, 1.54) is 38.6 Å². The molecule has 0 unspecified atom stereocenters. The average Bonchev–Trinajstić information content (AvgIpc) is 2.17. The molecule has 2 atom stereocenters. The number of hydrogen-bond acceptors (Lipinski definition) is 1. The van der Waals surface area contributed by atoms with Crippen molar-refractivity contribution in [3.05, 3.63) is 0 Å². The largest absolute Gasteiger partial charge is 0.319 e. The van der Waals surface area contributed by atoms with Crippen molar-refractivity contribution >= 4 is 0 Å². The van der Waals surface area contributed by atoms with Gasteiger partial charge < -0.3 is 5.32 Å². The summed E-state index contributed by atoms with van der Waals surface area (Å²) >= 11 is 0. The van der Waals surface area contributed by atoms with Crippen LogP contribution in [0.15, 0.2) is 0 Å². The SMILES string of the molecule is CNC[C@H]1CCC[C@H](C)CC1. The molecule has 1 heteroatoms. The second-order valence-electron chi connectivity index (χ2n) is 4.04. The van der Waals surface area contributed by atoms with E-state index in [0.29, 0.717) is 0 Å². The maximum Gasteiger partial charge on any atom is -0.00235 e. The minimum atomic E-state index is 0.963. The van der Waals surface area contributed by atoms with Gasteiger partial charge in [-0.1, -0.05) is 26.2 Å². The lowest BCUT2D eigenvalue weighted by Gasteiger charge is -2.12. The van der Waals surface area contributed by atoms with E-state index in [2.05, 4.69) is 19.3 Å². The molecule has 0 bridgehead atoms. The van der Waals surface area contributed by atoms with Gasteiger partial charge >= 0.3 is 0 Å². The Bertz CT molecular complexity index is 101. The monoisotopic (exact) mass is 155 g/mol. The van der Waals surface area contributed by atoms with Crippen LogP contribution in [0.5, 0.6) is 0 Å². The van der Waals surface area contributed by atoms with Crippen LogP contribution in [0.4, 0.5) is 0 Å². The lowest BCUT2D eigenvalue weighted by molar-refractivity contribution is 0.430. The van der Waals surface area contributed by atoms with Gasteiger partial charge in [-0.05, 0) is 38.3 Å². The molecule has 1 aliphatic carbocycles. The third-order valence-corrected chi connectivity index (χ3v) is 2.87. The second kappa shape index (κ2) is 4.76. The minimum Gasteiger partial charge on any atom is -0.319 e. The van der Waals surface area contributed by atoms with E-state index >= 15 is 0 Å². The highest BCUT2D eigenvalue weighted by Gasteiger charge is 2.14. The zero-order chi connectivity index (χ0) is 8.10. The fourth-order valence-corrected chi connectivity index (χ4v) is 2.06. The molecule has 11 heavy (non-hydrogen) atoms. The maximum atomic E-state index is 3.28. The molecule has 0 aromatic rings. The summed E-state index contributed by atoms with van der Waals surface area (Å²) in [5, 5.41) is 3.28. The Hall–Kier alpha value is -0.0400. The van der Waals surface area contributed by atoms with Crippen molar-refractivity contribution in [1.82, 2.24) is 5.32 Å². The first-order valence-electron chi connectivity index (χ1n) is 4.97. The van der Waals surface area contributed by atoms with Crippen LogP contribution in [-0.4, -0.2) is 13.6 Å². The highest BCUT2D eigenvalue weighted by molar-refractivity contribution is 4.68. The molecule has 1 saturated carbocycles. The molecule has 1 N–H and O–H groups in total. The minimum absolute atomic E-state index is 0.963. The highest BCUT2D eigenvalue weighted by Crippen LogP contribution is 2.26. The standard InChI is InChI=1S/C10H21N/c1-9-4-3-5-10(7-6-9)8-11-2/h9-11H,3-8H2,1-2H3/t9-,10-/m0/s1. The van der Waals surface area contributed by atoms with Crippen LogP contribution in [0.1, 0.15) is 39.0 Å². The van der Waals surface area contributed by atoms with Crippen molar-refractivity contribution in [2.75, 3.05) is 13.6 Å². The molecule has 0 saturated heterocycles. The summed E-state index contributed by atoms with van der Waals surface area (Å²) in [4.78, 5) is 0. The van der Waals surface area contributed by atoms with E-state index in [1.807, 2.05) is 0 Å². The first-order valence-corrected chi connectivity index (χ1v) is 4.97. The Morgan fingerprint density at radius 1 is 1.18 bits per heavy atom. The van der Waals surface area contributed by atoms with Gasteiger partial charge in [0.25, 0.3) is 0 Å². The van der Waals surface area contributed by atoms with Crippen molar-refractivity contribution in [3.63, 3.8) is 0 Å². The van der Waals surface area contributed by atoms with Gasteiger partial charge in [0.15, 0.2) is 0 Å². The van der Waals surface area contributed by atoms with Crippen LogP contribution in [0.3, 0.4) is 0 Å². The van der Waals surface area contributed by atoms with E-state index in [1.54, 1.807) is 0 Å². The van der Waals surface area contributed by atoms with E-state index < -0.39 is 0 Å². The molecule has 1 fully saturated rings. The Kier molecular flexibility index (Phi) is 3.92. The van der Waals surface area contributed by atoms with E-state index in [0.717, 1.165) is 11.8 Å². The molecule has 1 rings (SSSR count). The predicted molar refractivity (Wildman–Crippen MR) is 49.7 cm³/mol. The molecule has 1 nitrogen and oxygen atoms in total. The summed E-state index contributed by atoms with van der Waals surface area (Å²) in [6, 6.07) is 0. The maximum absolute atomic E-state index is 3.28. The lowest BCUT2D eigenvalue weighted by Crippen LogP contribution is -2.18. The molecule has 0 heterocycles. The molecule has 0 aliphatic heterocycles. The van der Waals surface area contributed by atoms with Crippen molar-refractivity contribution in [2.24, 2.45) is 11.8 Å². The smallest absolute Gasteiger partial charge is 0.00235 e. The normalized spacial score (nSPS) is 33.3. The molecular formula is C10H21N. The summed E-state index contributed by atoms with van der Waals surface area (Å²) in [5.74, 6) is 1.95. The van der Waals surface area contributed by atoms with Gasteiger partial charge in [-0.15, -0.1) is 0 Å². The molecular weight excluding hydrogens is 134 g/mol. The number of nitrogens with one attached hydrogen (secondary N) is 1. The van der Waals surface area contributed by atoms with Gasteiger partial charge in [0.2, 0.25) is 0 Å². The van der Waals surface area contributed by atoms with Crippen molar-refractivity contribution in [2.45, 2.75) is 39.0 Å². The molecule has 0 radical (unpaired) electrons. The van der Waals surface area contributed by atoms with Gasteiger partial charge in [-0.2, -0.15) is 0 Å². The number of hydrogen-bond donors (Lipinski definition) is 1. The summed E-state index contributed by atoms with van der Waals surface area (Å²) in [6.07, 6.45) is 7.26. The van der Waals surface area contributed by atoms with Crippen LogP contribution < -0.4 is 5.32 Å². The molecule has 0 aromatic carbocycles. The predicted octanol–water partition coefficient (Wildman–Crippen LogP) is 2.42. The van der Waals surface area contributed by atoms with Crippen molar-refractivity contribution in [3.8, 4) is 0 Å². The quantitative estimate of drug-likeness (QED) is 0.604. The zero-order valence-corrected chi connectivity index (χ0v) is 7.90.